The van der Waals surface area contributed by atoms with Crippen molar-refractivity contribution in [3.8, 4) is 0 Å². The fourth-order valence-electron chi connectivity index (χ4n) is 0.949. The monoisotopic (exact) mass is 290 g/mol. The van der Waals surface area contributed by atoms with Crippen LogP contribution in [0.4, 0.5) is 0 Å². The number of rotatable bonds is 7. The van der Waals surface area contributed by atoms with E-state index in [2.05, 4.69) is 0 Å². The summed E-state index contributed by atoms with van der Waals surface area (Å²) in [7, 11) is 0. The molecule has 0 aromatic heterocycles. The van der Waals surface area contributed by atoms with Gasteiger partial charge in [0.25, 0.3) is 0 Å². The van der Waals surface area contributed by atoms with E-state index in [9.17, 15) is 19.2 Å². The Morgan fingerprint density at radius 3 is 1.45 bits per heavy atom. The largest absolute Gasteiger partial charge is 0.481 e. The van der Waals surface area contributed by atoms with Crippen LogP contribution in [0.15, 0.2) is 0 Å². The van der Waals surface area contributed by atoms with Crippen LogP contribution in [0, 0.1) is 11.8 Å². The van der Waals surface area contributed by atoms with Crippen LogP contribution < -0.4 is 0 Å². The first-order chi connectivity index (χ1) is 8.57. The van der Waals surface area contributed by atoms with Crippen molar-refractivity contribution in [2.75, 3.05) is 0 Å². The number of Topliss-reactive ketones (excluding diaryl/α,β-unsaturated/α-hetero) is 2. The van der Waals surface area contributed by atoms with Gasteiger partial charge in [-0.05, 0) is 20.3 Å². The van der Waals surface area contributed by atoms with Crippen molar-refractivity contribution in [2.24, 2.45) is 11.8 Å². The molecule has 0 heterocycles. The Labute approximate surface area is 120 Å². The summed E-state index contributed by atoms with van der Waals surface area (Å²) in [6.07, 6.45) is 0.473. The van der Waals surface area contributed by atoms with E-state index in [1.54, 1.807) is 13.8 Å². The molecular formula is C14H26O6. The van der Waals surface area contributed by atoms with Crippen molar-refractivity contribution in [3.63, 3.8) is 0 Å². The van der Waals surface area contributed by atoms with E-state index >= 15 is 0 Å². The lowest BCUT2D eigenvalue weighted by molar-refractivity contribution is -0.140. The molecule has 0 radical (unpaired) electrons. The second-order valence-corrected chi connectivity index (χ2v) is 4.55. The molecule has 2 N–H and O–H groups in total. The average molecular weight is 290 g/mol. The molecule has 6 nitrogen and oxygen atoms in total. The molecule has 6 heteroatoms. The zero-order valence-electron chi connectivity index (χ0n) is 11.8. The summed E-state index contributed by atoms with van der Waals surface area (Å²) in [5, 5.41) is 16.4. The maximum Gasteiger partial charge on any atom is 0.304 e. The highest BCUT2D eigenvalue weighted by atomic mass is 16.4. The number of hydrogen-bond acceptors (Lipinski definition) is 4. The number of carboxylic acids is 2. The molecule has 0 amide bonds. The normalized spacial score (nSPS) is 12.0. The van der Waals surface area contributed by atoms with Gasteiger partial charge in [0.15, 0.2) is 0 Å². The molecule has 0 aliphatic carbocycles. The number of carboxylic acid groups (broad SMARTS) is 2. The lowest BCUT2D eigenvalue weighted by Crippen LogP contribution is -2.11. The third kappa shape index (κ3) is 16.3. The summed E-state index contributed by atoms with van der Waals surface area (Å²) >= 11 is 0. The first kappa shape index (κ1) is 23.4. The summed E-state index contributed by atoms with van der Waals surface area (Å²) in [5.74, 6) is -2.23. The van der Waals surface area contributed by atoms with E-state index in [1.807, 2.05) is 0 Å². The minimum absolute atomic E-state index is 0. The fraction of sp³-hybridized carbons (Fsp3) is 0.714. The standard InChI is InChI=1S/C7H12O3.C6H10O3.CH4/c1-5(6(2)8)3-4-7(9)10;1-4(5(2)7)3-6(8)9;/h5H,3-4H2,1-2H3,(H,9,10);4H,3H2,1-2H3,(H,8,9);1H4. The van der Waals surface area contributed by atoms with Gasteiger partial charge < -0.3 is 10.2 Å². The van der Waals surface area contributed by atoms with Gasteiger partial charge in [-0.15, -0.1) is 0 Å². The molecule has 0 saturated carbocycles. The van der Waals surface area contributed by atoms with Crippen LogP contribution in [0.1, 0.15) is 54.4 Å². The minimum Gasteiger partial charge on any atom is -0.481 e. The smallest absolute Gasteiger partial charge is 0.304 e. The van der Waals surface area contributed by atoms with Gasteiger partial charge in [-0.25, -0.2) is 0 Å². The van der Waals surface area contributed by atoms with Gasteiger partial charge in [0.2, 0.25) is 0 Å². The van der Waals surface area contributed by atoms with Crippen molar-refractivity contribution < 1.29 is 29.4 Å². The zero-order valence-corrected chi connectivity index (χ0v) is 11.8. The van der Waals surface area contributed by atoms with E-state index in [0.29, 0.717) is 6.42 Å². The van der Waals surface area contributed by atoms with Gasteiger partial charge in [0.1, 0.15) is 11.6 Å². The third-order valence-electron chi connectivity index (χ3n) is 2.66. The van der Waals surface area contributed by atoms with E-state index in [1.165, 1.54) is 13.8 Å². The minimum atomic E-state index is -0.919. The second-order valence-electron chi connectivity index (χ2n) is 4.55. The Hall–Kier alpha value is -1.72. The van der Waals surface area contributed by atoms with Gasteiger partial charge in [0, 0.05) is 18.3 Å². The highest BCUT2D eigenvalue weighted by molar-refractivity contribution is 5.82. The predicted octanol–water partition coefficient (Wildman–Crippen LogP) is 2.40. The molecule has 2 atom stereocenters. The molecule has 0 fully saturated rings. The molecule has 0 aliphatic rings. The lowest BCUT2D eigenvalue weighted by atomic mass is 10.0. The van der Waals surface area contributed by atoms with Gasteiger partial charge in [0.05, 0.1) is 6.42 Å². The zero-order chi connectivity index (χ0) is 15.6. The summed E-state index contributed by atoms with van der Waals surface area (Å²) in [6, 6.07) is 0. The SMILES string of the molecule is C.CC(=O)C(C)CC(=O)O.CC(=O)C(C)CCC(=O)O. The molecular weight excluding hydrogens is 264 g/mol. The third-order valence-corrected chi connectivity index (χ3v) is 2.66. The molecule has 0 aromatic carbocycles. The predicted molar refractivity (Wildman–Crippen MR) is 75.5 cm³/mol. The highest BCUT2D eigenvalue weighted by Crippen LogP contribution is 2.05. The lowest BCUT2D eigenvalue weighted by Gasteiger charge is -2.02. The fourth-order valence-corrected chi connectivity index (χ4v) is 0.949. The van der Waals surface area contributed by atoms with Crippen molar-refractivity contribution >= 4 is 23.5 Å². The Balaban J connectivity index is -0.000000277. The molecule has 0 aliphatic heterocycles. The Bertz CT molecular complexity index is 335. The molecule has 118 valence electrons. The molecule has 0 bridgehead atoms. The maximum absolute atomic E-state index is 10.6. The van der Waals surface area contributed by atoms with Gasteiger partial charge in [-0.1, -0.05) is 21.3 Å². The van der Waals surface area contributed by atoms with E-state index in [0.717, 1.165) is 0 Å². The maximum atomic E-state index is 10.6. The number of ketones is 2. The Morgan fingerprint density at radius 2 is 1.25 bits per heavy atom. The number of carbonyl (C=O) groups excluding carboxylic acids is 2. The Morgan fingerprint density at radius 1 is 0.850 bits per heavy atom. The molecule has 20 heavy (non-hydrogen) atoms. The Kier molecular flexibility index (Phi) is 14.4. The van der Waals surface area contributed by atoms with Crippen LogP contribution in [-0.4, -0.2) is 33.7 Å². The van der Waals surface area contributed by atoms with E-state index < -0.39 is 11.9 Å². The number of hydrogen-bond donors (Lipinski definition) is 2. The van der Waals surface area contributed by atoms with Crippen LogP contribution in [0.5, 0.6) is 0 Å². The second kappa shape index (κ2) is 12.3. The molecule has 0 saturated heterocycles. The van der Waals surface area contributed by atoms with E-state index in [4.69, 9.17) is 10.2 Å². The molecule has 2 unspecified atom stereocenters. The summed E-state index contributed by atoms with van der Waals surface area (Å²) in [6.45, 7) is 6.22. The summed E-state index contributed by atoms with van der Waals surface area (Å²) < 4.78 is 0. The van der Waals surface area contributed by atoms with Crippen molar-refractivity contribution in [2.45, 2.75) is 54.4 Å². The quantitative estimate of drug-likeness (QED) is 0.745. The van der Waals surface area contributed by atoms with E-state index in [-0.39, 0.29) is 43.7 Å². The van der Waals surface area contributed by atoms with Crippen molar-refractivity contribution in [3.05, 3.63) is 0 Å². The van der Waals surface area contributed by atoms with Crippen LogP contribution in [0.25, 0.3) is 0 Å². The first-order valence-electron chi connectivity index (χ1n) is 6.02. The van der Waals surface area contributed by atoms with Gasteiger partial charge in [-0.3, -0.25) is 19.2 Å². The van der Waals surface area contributed by atoms with Crippen LogP contribution in [0.2, 0.25) is 0 Å². The summed E-state index contributed by atoms with van der Waals surface area (Å²) in [4.78, 5) is 41.0. The van der Waals surface area contributed by atoms with Crippen molar-refractivity contribution in [1.29, 1.82) is 0 Å². The molecule has 0 spiro atoms. The van der Waals surface area contributed by atoms with Gasteiger partial charge in [-0.2, -0.15) is 0 Å². The van der Waals surface area contributed by atoms with Crippen LogP contribution >= 0.6 is 0 Å². The summed E-state index contributed by atoms with van der Waals surface area (Å²) in [5.41, 5.74) is 0. The molecule has 0 rings (SSSR count). The number of carbonyl (C=O) groups is 4. The van der Waals surface area contributed by atoms with Crippen LogP contribution in [-0.2, 0) is 19.2 Å². The molecule has 0 aromatic rings. The average Bonchev–Trinajstić information content (AvgIpc) is 2.25. The van der Waals surface area contributed by atoms with Crippen molar-refractivity contribution in [1.82, 2.24) is 0 Å². The topological polar surface area (TPSA) is 109 Å². The van der Waals surface area contributed by atoms with Gasteiger partial charge >= 0.3 is 11.9 Å². The number of aliphatic carboxylic acids is 2. The first-order valence-corrected chi connectivity index (χ1v) is 6.02. The highest BCUT2D eigenvalue weighted by Gasteiger charge is 2.10. The van der Waals surface area contributed by atoms with Crippen LogP contribution in [0.3, 0.4) is 0 Å².